The number of hydroxylamine groups is 1. The molecule has 1 heterocycles. The molecule has 0 saturated heterocycles. The van der Waals surface area contributed by atoms with Crippen LogP contribution in [0.3, 0.4) is 0 Å². The molecular formula is C28H26F3N3O2. The first-order valence-corrected chi connectivity index (χ1v) is 11.0. The fourth-order valence-corrected chi connectivity index (χ4v) is 3.52. The molecule has 0 atom stereocenters. The number of hydrogen-bond donors (Lipinski definition) is 4. The zero-order chi connectivity index (χ0) is 26.3. The highest BCUT2D eigenvalue weighted by molar-refractivity contribution is 5.93. The molecule has 2 aromatic carbocycles. The van der Waals surface area contributed by atoms with Crippen LogP contribution in [0.4, 0.5) is 13.2 Å². The lowest BCUT2D eigenvalue weighted by molar-refractivity contribution is -0.137. The van der Waals surface area contributed by atoms with Gasteiger partial charge in [0.2, 0.25) is 0 Å². The first-order chi connectivity index (χ1) is 17.2. The van der Waals surface area contributed by atoms with Gasteiger partial charge in [-0.2, -0.15) is 13.2 Å². The number of carbonyl (C=O) groups excluding carboxylic acids is 1. The van der Waals surface area contributed by atoms with Gasteiger partial charge >= 0.3 is 6.18 Å². The Labute approximate surface area is 207 Å². The van der Waals surface area contributed by atoms with Crippen LogP contribution in [0, 0.1) is 0 Å². The number of rotatable bonds is 9. The largest absolute Gasteiger partial charge is 0.416 e. The van der Waals surface area contributed by atoms with Crippen LogP contribution >= 0.6 is 0 Å². The molecular weight excluding hydrogens is 467 g/mol. The molecule has 0 bridgehead atoms. The lowest BCUT2D eigenvalue weighted by atomic mass is 10.0. The average molecular weight is 494 g/mol. The van der Waals surface area contributed by atoms with Crippen LogP contribution in [0.2, 0.25) is 0 Å². The second kappa shape index (κ2) is 11.4. The first-order valence-electron chi connectivity index (χ1n) is 11.0. The predicted octanol–water partition coefficient (Wildman–Crippen LogP) is 6.73. The van der Waals surface area contributed by atoms with E-state index in [1.165, 1.54) is 12.1 Å². The van der Waals surface area contributed by atoms with Gasteiger partial charge in [-0.25, -0.2) is 5.48 Å². The first kappa shape index (κ1) is 26.3. The maximum Gasteiger partial charge on any atom is 0.416 e. The Hall–Kier alpha value is -4.30. The number of alkyl halides is 3. The van der Waals surface area contributed by atoms with Crippen LogP contribution in [0.25, 0.3) is 22.4 Å². The number of benzene rings is 2. The minimum atomic E-state index is -4.42. The number of carbonyl (C=O) groups is 1. The highest BCUT2D eigenvalue weighted by Crippen LogP contribution is 2.34. The number of aromatic amines is 1. The highest BCUT2D eigenvalue weighted by Gasteiger charge is 2.30. The smallest absolute Gasteiger partial charge is 0.380 e. The van der Waals surface area contributed by atoms with Crippen LogP contribution in [0.15, 0.2) is 92.1 Å². The summed E-state index contributed by atoms with van der Waals surface area (Å²) in [5.41, 5.74) is 5.98. The van der Waals surface area contributed by atoms with Crippen molar-refractivity contribution in [2.45, 2.75) is 19.6 Å². The standard InChI is InChI=1S/C28H26F3N3O2/c1-4-6-7-20(5-2)25-16-24(21-12-14-23(15-13-21)28(29,30)31)26(33-25)18(3)32-17-19-8-10-22(11-9-19)27(35)34-36/h4-16,32-33,36H,2-3,17H2,1H3,(H,34,35)/b6-4-,20-7+. The van der Waals surface area contributed by atoms with Gasteiger partial charge in [-0.3, -0.25) is 10.0 Å². The molecule has 0 saturated carbocycles. The second-order valence-electron chi connectivity index (χ2n) is 7.87. The van der Waals surface area contributed by atoms with Crippen LogP contribution in [0.5, 0.6) is 0 Å². The molecule has 8 heteroatoms. The van der Waals surface area contributed by atoms with Crippen molar-refractivity contribution in [3.8, 4) is 11.1 Å². The molecule has 0 aliphatic heterocycles. The van der Waals surface area contributed by atoms with Crippen molar-refractivity contribution in [3.63, 3.8) is 0 Å². The maximum atomic E-state index is 13.1. The van der Waals surface area contributed by atoms with E-state index in [0.717, 1.165) is 29.0 Å². The van der Waals surface area contributed by atoms with Crippen molar-refractivity contribution in [2.75, 3.05) is 0 Å². The monoisotopic (exact) mass is 493 g/mol. The van der Waals surface area contributed by atoms with Crippen molar-refractivity contribution in [1.29, 1.82) is 0 Å². The number of aromatic nitrogens is 1. The topological polar surface area (TPSA) is 77.2 Å². The Morgan fingerprint density at radius 3 is 2.33 bits per heavy atom. The van der Waals surface area contributed by atoms with Crippen molar-refractivity contribution in [1.82, 2.24) is 15.8 Å². The van der Waals surface area contributed by atoms with E-state index in [4.69, 9.17) is 5.21 Å². The summed E-state index contributed by atoms with van der Waals surface area (Å²) in [6.45, 7) is 10.2. The zero-order valence-corrected chi connectivity index (χ0v) is 19.6. The van der Waals surface area contributed by atoms with Gasteiger partial charge in [0, 0.05) is 23.4 Å². The summed E-state index contributed by atoms with van der Waals surface area (Å²) < 4.78 is 39.2. The van der Waals surface area contributed by atoms with E-state index in [1.807, 2.05) is 31.2 Å². The molecule has 3 aromatic rings. The van der Waals surface area contributed by atoms with Crippen molar-refractivity contribution >= 4 is 17.2 Å². The Morgan fingerprint density at radius 1 is 1.11 bits per heavy atom. The van der Waals surface area contributed by atoms with Gasteiger partial charge < -0.3 is 10.3 Å². The van der Waals surface area contributed by atoms with E-state index in [1.54, 1.807) is 35.8 Å². The number of nitrogens with one attached hydrogen (secondary N) is 3. The third-order valence-corrected chi connectivity index (χ3v) is 5.47. The molecule has 0 spiro atoms. The Kier molecular flexibility index (Phi) is 8.34. The molecule has 0 aliphatic carbocycles. The number of amides is 1. The van der Waals surface area contributed by atoms with Crippen LogP contribution in [-0.4, -0.2) is 16.1 Å². The van der Waals surface area contributed by atoms with E-state index < -0.39 is 17.6 Å². The van der Waals surface area contributed by atoms with Gasteiger partial charge in [-0.1, -0.05) is 61.7 Å². The Morgan fingerprint density at radius 2 is 1.78 bits per heavy atom. The molecule has 0 aliphatic rings. The summed E-state index contributed by atoms with van der Waals surface area (Å²) in [6, 6.07) is 13.4. The van der Waals surface area contributed by atoms with Crippen LogP contribution in [-0.2, 0) is 12.7 Å². The molecule has 4 N–H and O–H groups in total. The average Bonchev–Trinajstić information content (AvgIpc) is 3.32. The molecule has 0 fully saturated rings. The van der Waals surface area contributed by atoms with Gasteiger partial charge in [0.05, 0.1) is 17.0 Å². The number of H-pyrrole nitrogens is 1. The molecule has 5 nitrogen and oxygen atoms in total. The number of allylic oxidation sites excluding steroid dienone is 5. The van der Waals surface area contributed by atoms with Crippen LogP contribution < -0.4 is 10.8 Å². The molecule has 1 aromatic heterocycles. The maximum absolute atomic E-state index is 13.1. The van der Waals surface area contributed by atoms with E-state index in [2.05, 4.69) is 23.5 Å². The second-order valence-corrected chi connectivity index (χ2v) is 7.87. The minimum Gasteiger partial charge on any atom is -0.380 e. The fraction of sp³-hybridized carbons (Fsp3) is 0.107. The van der Waals surface area contributed by atoms with Crippen molar-refractivity contribution in [2.24, 2.45) is 0 Å². The lowest BCUT2D eigenvalue weighted by Crippen LogP contribution is -2.18. The SMILES string of the molecule is C=C/C(=C\C=C/C)c1cc(-c2ccc(C(F)(F)F)cc2)c(C(=C)NCc2ccc(C(=O)NO)cc2)[nH]1. The van der Waals surface area contributed by atoms with Gasteiger partial charge in [-0.05, 0) is 54.0 Å². The third-order valence-electron chi connectivity index (χ3n) is 5.47. The fourth-order valence-electron chi connectivity index (χ4n) is 3.52. The minimum absolute atomic E-state index is 0.309. The van der Waals surface area contributed by atoms with E-state index >= 15 is 0 Å². The van der Waals surface area contributed by atoms with E-state index in [-0.39, 0.29) is 0 Å². The molecule has 36 heavy (non-hydrogen) atoms. The summed E-state index contributed by atoms with van der Waals surface area (Å²) >= 11 is 0. The van der Waals surface area contributed by atoms with Gasteiger partial charge in [0.1, 0.15) is 0 Å². The molecule has 0 unspecified atom stereocenters. The predicted molar refractivity (Wildman–Crippen MR) is 136 cm³/mol. The quantitative estimate of drug-likeness (QED) is 0.152. The molecule has 3 rings (SSSR count). The Balaban J connectivity index is 1.93. The zero-order valence-electron chi connectivity index (χ0n) is 19.6. The Bertz CT molecular complexity index is 1300. The van der Waals surface area contributed by atoms with Crippen molar-refractivity contribution in [3.05, 3.63) is 120 Å². The summed E-state index contributed by atoms with van der Waals surface area (Å²) in [5, 5.41) is 12.0. The van der Waals surface area contributed by atoms with Crippen molar-refractivity contribution < 1.29 is 23.2 Å². The highest BCUT2D eigenvalue weighted by atomic mass is 19.4. The van der Waals surface area contributed by atoms with Crippen LogP contribution in [0.1, 0.15) is 39.8 Å². The lowest BCUT2D eigenvalue weighted by Gasteiger charge is -2.12. The normalized spacial score (nSPS) is 12.0. The molecule has 1 amide bonds. The van der Waals surface area contributed by atoms with E-state index in [0.29, 0.717) is 34.6 Å². The van der Waals surface area contributed by atoms with E-state index in [9.17, 15) is 18.0 Å². The number of hydrogen-bond acceptors (Lipinski definition) is 3. The third kappa shape index (κ3) is 6.22. The van der Waals surface area contributed by atoms with Gasteiger partial charge in [-0.15, -0.1) is 0 Å². The molecule has 186 valence electrons. The summed E-state index contributed by atoms with van der Waals surface area (Å²) in [7, 11) is 0. The van der Waals surface area contributed by atoms with Gasteiger partial charge in [0.25, 0.3) is 5.91 Å². The van der Waals surface area contributed by atoms with Gasteiger partial charge in [0.15, 0.2) is 0 Å². The summed E-state index contributed by atoms with van der Waals surface area (Å²) in [5.74, 6) is -0.608. The summed E-state index contributed by atoms with van der Waals surface area (Å²) in [4.78, 5) is 14.8. The summed E-state index contributed by atoms with van der Waals surface area (Å²) in [6.07, 6.45) is 2.88. The number of halogens is 3. The molecule has 0 radical (unpaired) electrons.